The largest absolute Gasteiger partial charge is 0.385 e. The molecule has 1 aliphatic rings. The Morgan fingerprint density at radius 1 is 0.969 bits per heavy atom. The molecule has 0 bridgehead atoms. The molecule has 0 spiro atoms. The van der Waals surface area contributed by atoms with Gasteiger partial charge in [-0.25, -0.2) is 0 Å². The van der Waals surface area contributed by atoms with Crippen LogP contribution in [-0.4, -0.2) is 35.4 Å². The zero-order chi connectivity index (χ0) is 22.6. The monoisotopic (exact) mass is 447 g/mol. The lowest BCUT2D eigenvalue weighted by atomic mass is 9.83. The van der Waals surface area contributed by atoms with Crippen molar-refractivity contribution in [2.24, 2.45) is 0 Å². The molecule has 1 N–H and O–H groups in total. The highest BCUT2D eigenvalue weighted by atomic mass is 35.5. The van der Waals surface area contributed by atoms with Crippen molar-refractivity contribution in [1.82, 2.24) is 4.90 Å². The van der Waals surface area contributed by atoms with Crippen LogP contribution in [0.2, 0.25) is 5.02 Å². The minimum absolute atomic E-state index is 0.117. The summed E-state index contributed by atoms with van der Waals surface area (Å²) in [6.45, 7) is 4.42. The van der Waals surface area contributed by atoms with Crippen molar-refractivity contribution in [3.8, 4) is 0 Å². The molecule has 1 saturated heterocycles. The molecular weight excluding hydrogens is 418 g/mol. The van der Waals surface area contributed by atoms with E-state index in [4.69, 9.17) is 11.6 Å². The molecule has 0 radical (unpaired) electrons. The van der Waals surface area contributed by atoms with Crippen LogP contribution in [0.5, 0.6) is 0 Å². The van der Waals surface area contributed by atoms with Crippen LogP contribution in [0.1, 0.15) is 52.2 Å². The number of aliphatic hydroxyl groups is 1. The second-order valence-electron chi connectivity index (χ2n) is 8.94. The van der Waals surface area contributed by atoms with Gasteiger partial charge in [-0.3, -0.25) is 4.79 Å². The fraction of sp³-hybridized carbons (Fsp3) is 0.321. The minimum Gasteiger partial charge on any atom is -0.385 e. The number of carbonyl (C=O) groups excluding carboxylic acids is 1. The first kappa shape index (κ1) is 22.7. The number of benzene rings is 3. The number of halogens is 1. The number of hydrogen-bond acceptors (Lipinski definition) is 3. The number of piperidine rings is 1. The van der Waals surface area contributed by atoms with Gasteiger partial charge in [-0.05, 0) is 43.0 Å². The predicted molar refractivity (Wildman–Crippen MR) is 130 cm³/mol. The van der Waals surface area contributed by atoms with Gasteiger partial charge in [0.2, 0.25) is 0 Å². The van der Waals surface area contributed by atoms with Crippen molar-refractivity contribution in [2.45, 2.75) is 37.7 Å². The normalized spacial score (nSPS) is 17.1. The van der Waals surface area contributed by atoms with E-state index in [0.29, 0.717) is 24.3 Å². The fourth-order valence-electron chi connectivity index (χ4n) is 4.56. The lowest BCUT2D eigenvalue weighted by molar-refractivity contribution is -0.0270. The molecule has 4 heteroatoms. The highest BCUT2D eigenvalue weighted by Gasteiger charge is 2.34. The molecule has 3 nitrogen and oxygen atoms in total. The van der Waals surface area contributed by atoms with E-state index in [-0.39, 0.29) is 11.7 Å². The molecular formula is C28H30ClNO2. The quantitative estimate of drug-likeness (QED) is 0.452. The van der Waals surface area contributed by atoms with E-state index in [9.17, 15) is 9.90 Å². The fourth-order valence-corrected chi connectivity index (χ4v) is 4.69. The first-order valence-electron chi connectivity index (χ1n) is 11.3. The molecule has 3 aromatic rings. The number of aryl methyl sites for hydroxylation is 1. The Balaban J connectivity index is 1.44. The molecule has 4 rings (SSSR count). The van der Waals surface area contributed by atoms with E-state index in [0.717, 1.165) is 36.3 Å². The molecule has 1 heterocycles. The number of hydrogen-bond donors (Lipinski definition) is 1. The van der Waals surface area contributed by atoms with Crippen LogP contribution in [0, 0.1) is 6.92 Å². The van der Waals surface area contributed by atoms with Gasteiger partial charge in [-0.2, -0.15) is 0 Å². The lowest BCUT2D eigenvalue weighted by Gasteiger charge is -2.40. The zero-order valence-electron chi connectivity index (χ0n) is 18.5. The third kappa shape index (κ3) is 5.47. The van der Waals surface area contributed by atoms with Crippen molar-refractivity contribution in [1.29, 1.82) is 0 Å². The standard InChI is InChI=1S/C28H30ClNO2/c1-21-7-9-23(10-8-21)27(31)19-24(22-5-3-2-4-6-22)20-30-17-15-28(32,16-18-30)25-11-13-26(29)14-12-25/h2-14,24,32H,15-20H2,1H3. The summed E-state index contributed by atoms with van der Waals surface area (Å²) >= 11 is 6.01. The smallest absolute Gasteiger partial charge is 0.163 e. The molecule has 32 heavy (non-hydrogen) atoms. The maximum absolute atomic E-state index is 13.0. The van der Waals surface area contributed by atoms with Crippen molar-refractivity contribution < 1.29 is 9.90 Å². The van der Waals surface area contributed by atoms with Crippen molar-refractivity contribution in [3.63, 3.8) is 0 Å². The molecule has 0 aromatic heterocycles. The van der Waals surface area contributed by atoms with Crippen LogP contribution in [0.4, 0.5) is 0 Å². The van der Waals surface area contributed by atoms with Crippen molar-refractivity contribution >= 4 is 17.4 Å². The van der Waals surface area contributed by atoms with Crippen LogP contribution in [0.15, 0.2) is 78.9 Å². The average molecular weight is 448 g/mol. The van der Waals surface area contributed by atoms with Crippen LogP contribution >= 0.6 is 11.6 Å². The van der Waals surface area contributed by atoms with Gasteiger partial charge in [-0.1, -0.05) is 83.9 Å². The summed E-state index contributed by atoms with van der Waals surface area (Å²) < 4.78 is 0. The molecule has 1 aliphatic heterocycles. The van der Waals surface area contributed by atoms with E-state index in [1.54, 1.807) is 0 Å². The van der Waals surface area contributed by atoms with E-state index >= 15 is 0 Å². The van der Waals surface area contributed by atoms with E-state index < -0.39 is 5.60 Å². The third-order valence-corrected chi connectivity index (χ3v) is 6.87. The van der Waals surface area contributed by atoms with Crippen LogP contribution < -0.4 is 0 Å². The Morgan fingerprint density at radius 2 is 1.59 bits per heavy atom. The average Bonchev–Trinajstić information content (AvgIpc) is 2.81. The minimum atomic E-state index is -0.818. The number of Topliss-reactive ketones (excluding diaryl/α,β-unsaturated/α-hetero) is 1. The Hall–Kier alpha value is -2.46. The molecule has 0 saturated carbocycles. The van der Waals surface area contributed by atoms with Gasteiger partial charge in [0.1, 0.15) is 0 Å². The van der Waals surface area contributed by atoms with Crippen LogP contribution in [-0.2, 0) is 5.60 Å². The molecule has 1 atom stereocenters. The maximum Gasteiger partial charge on any atom is 0.163 e. The SMILES string of the molecule is Cc1ccc(C(=O)CC(CN2CCC(O)(c3ccc(Cl)cc3)CC2)c2ccccc2)cc1. The second kappa shape index (κ2) is 9.99. The topological polar surface area (TPSA) is 40.5 Å². The molecule has 1 fully saturated rings. The molecule has 0 amide bonds. The Labute approximate surface area is 195 Å². The number of rotatable bonds is 7. The Kier molecular flexibility index (Phi) is 7.10. The summed E-state index contributed by atoms with van der Waals surface area (Å²) in [5, 5.41) is 11.9. The number of likely N-dealkylation sites (tertiary alicyclic amines) is 1. The summed E-state index contributed by atoms with van der Waals surface area (Å²) in [6, 6.07) is 25.7. The first-order chi connectivity index (χ1) is 15.4. The first-order valence-corrected chi connectivity index (χ1v) is 11.7. The van der Waals surface area contributed by atoms with E-state index in [2.05, 4.69) is 17.0 Å². The van der Waals surface area contributed by atoms with Gasteiger partial charge in [0.15, 0.2) is 5.78 Å². The maximum atomic E-state index is 13.0. The van der Waals surface area contributed by atoms with Crippen molar-refractivity contribution in [3.05, 3.63) is 106 Å². The van der Waals surface area contributed by atoms with Gasteiger partial charge in [0.25, 0.3) is 0 Å². The summed E-state index contributed by atoms with van der Waals surface area (Å²) in [4.78, 5) is 15.4. The van der Waals surface area contributed by atoms with Crippen molar-refractivity contribution in [2.75, 3.05) is 19.6 Å². The van der Waals surface area contributed by atoms with Gasteiger partial charge in [0, 0.05) is 42.6 Å². The number of ketones is 1. The van der Waals surface area contributed by atoms with Crippen LogP contribution in [0.3, 0.4) is 0 Å². The highest BCUT2D eigenvalue weighted by molar-refractivity contribution is 6.30. The molecule has 3 aromatic carbocycles. The van der Waals surface area contributed by atoms with Gasteiger partial charge < -0.3 is 10.0 Å². The third-order valence-electron chi connectivity index (χ3n) is 6.62. The van der Waals surface area contributed by atoms with E-state index in [1.807, 2.05) is 73.7 Å². The molecule has 0 aliphatic carbocycles. The lowest BCUT2D eigenvalue weighted by Crippen LogP contribution is -2.44. The van der Waals surface area contributed by atoms with Gasteiger partial charge in [0.05, 0.1) is 5.60 Å². The number of carbonyl (C=O) groups is 1. The second-order valence-corrected chi connectivity index (χ2v) is 9.38. The molecule has 166 valence electrons. The van der Waals surface area contributed by atoms with Gasteiger partial charge >= 0.3 is 0 Å². The highest BCUT2D eigenvalue weighted by Crippen LogP contribution is 2.34. The number of nitrogens with zero attached hydrogens (tertiary/aromatic N) is 1. The zero-order valence-corrected chi connectivity index (χ0v) is 19.3. The Morgan fingerprint density at radius 3 is 2.22 bits per heavy atom. The molecule has 1 unspecified atom stereocenters. The Bertz CT molecular complexity index is 1020. The summed E-state index contributed by atoms with van der Waals surface area (Å²) in [5.74, 6) is 0.292. The van der Waals surface area contributed by atoms with Crippen LogP contribution in [0.25, 0.3) is 0 Å². The summed E-state index contributed by atoms with van der Waals surface area (Å²) in [5.41, 5.74) is 3.22. The predicted octanol–water partition coefficient (Wildman–Crippen LogP) is 5.99. The summed E-state index contributed by atoms with van der Waals surface area (Å²) in [7, 11) is 0. The van der Waals surface area contributed by atoms with Gasteiger partial charge in [-0.15, -0.1) is 0 Å². The summed E-state index contributed by atoms with van der Waals surface area (Å²) in [6.07, 6.45) is 1.81. The van der Waals surface area contributed by atoms with E-state index in [1.165, 1.54) is 5.56 Å².